The SMILES string of the molecule is COc1cnc2c(c1)C(=Nc1cc(F)c(N(Cc3ccccc3)Cc3ccccc3)cc1OC(C)=O)C=CC2=O. The van der Waals surface area contributed by atoms with Crippen LogP contribution in [0.5, 0.6) is 11.5 Å². The number of carbonyl (C=O) groups is 2. The Kier molecular flexibility index (Phi) is 7.77. The van der Waals surface area contributed by atoms with Gasteiger partial charge in [0.2, 0.25) is 5.78 Å². The van der Waals surface area contributed by atoms with Gasteiger partial charge in [-0.3, -0.25) is 9.59 Å². The summed E-state index contributed by atoms with van der Waals surface area (Å²) >= 11 is 0. The minimum absolute atomic E-state index is 0.0882. The second-order valence-electron chi connectivity index (χ2n) is 9.16. The molecular formula is C32H26FN3O4. The predicted molar refractivity (Wildman–Crippen MR) is 151 cm³/mol. The first-order valence-electron chi connectivity index (χ1n) is 12.6. The Morgan fingerprint density at radius 3 is 2.20 bits per heavy atom. The van der Waals surface area contributed by atoms with Crippen molar-refractivity contribution in [1.82, 2.24) is 4.98 Å². The van der Waals surface area contributed by atoms with Gasteiger partial charge in [0.05, 0.1) is 24.7 Å². The minimum Gasteiger partial charge on any atom is -0.495 e. The summed E-state index contributed by atoms with van der Waals surface area (Å²) in [4.78, 5) is 35.1. The second-order valence-corrected chi connectivity index (χ2v) is 9.16. The molecule has 1 aliphatic carbocycles. The third-order valence-electron chi connectivity index (χ3n) is 6.30. The maximum absolute atomic E-state index is 15.9. The summed E-state index contributed by atoms with van der Waals surface area (Å²) in [5.41, 5.74) is 3.32. The molecule has 0 saturated heterocycles. The van der Waals surface area contributed by atoms with Gasteiger partial charge in [-0.25, -0.2) is 14.4 Å². The second kappa shape index (κ2) is 11.7. The number of halogens is 1. The maximum Gasteiger partial charge on any atom is 0.308 e. The number of ether oxygens (including phenoxy) is 2. The molecule has 0 atom stereocenters. The fraction of sp³-hybridized carbons (Fsp3) is 0.125. The smallest absolute Gasteiger partial charge is 0.308 e. The van der Waals surface area contributed by atoms with Crippen molar-refractivity contribution in [3.8, 4) is 11.5 Å². The molecule has 0 unspecified atom stereocenters. The summed E-state index contributed by atoms with van der Waals surface area (Å²) in [5.74, 6) is -0.869. The molecule has 0 fully saturated rings. The highest BCUT2D eigenvalue weighted by molar-refractivity contribution is 6.23. The molecule has 3 aromatic carbocycles. The minimum atomic E-state index is -0.574. The number of allylic oxidation sites excluding steroid dienone is 2. The molecule has 200 valence electrons. The van der Waals surface area contributed by atoms with Gasteiger partial charge in [-0.05, 0) is 29.3 Å². The quantitative estimate of drug-likeness (QED) is 0.196. The van der Waals surface area contributed by atoms with Gasteiger partial charge in [-0.2, -0.15) is 0 Å². The Hall–Kier alpha value is -5.11. The van der Waals surface area contributed by atoms with Gasteiger partial charge < -0.3 is 14.4 Å². The van der Waals surface area contributed by atoms with Crippen molar-refractivity contribution in [3.05, 3.63) is 125 Å². The number of esters is 1. The molecule has 8 heteroatoms. The molecule has 0 radical (unpaired) electrons. The van der Waals surface area contributed by atoms with Crippen LogP contribution in [0, 0.1) is 5.82 Å². The summed E-state index contributed by atoms with van der Waals surface area (Å²) in [6.07, 6.45) is 4.31. The van der Waals surface area contributed by atoms with Crippen molar-refractivity contribution < 1.29 is 23.5 Å². The molecule has 1 aliphatic rings. The van der Waals surface area contributed by atoms with Gasteiger partial charge in [-0.15, -0.1) is 0 Å². The Balaban J connectivity index is 1.60. The molecule has 0 amide bonds. The zero-order valence-electron chi connectivity index (χ0n) is 22.0. The lowest BCUT2D eigenvalue weighted by molar-refractivity contribution is -0.131. The van der Waals surface area contributed by atoms with Gasteiger partial charge in [-0.1, -0.05) is 60.7 Å². The number of methoxy groups -OCH3 is 1. The molecule has 7 nitrogen and oxygen atoms in total. The van der Waals surface area contributed by atoms with Crippen LogP contribution in [0.3, 0.4) is 0 Å². The fourth-order valence-corrected chi connectivity index (χ4v) is 4.43. The summed E-state index contributed by atoms with van der Waals surface area (Å²) < 4.78 is 26.7. The van der Waals surface area contributed by atoms with E-state index in [0.717, 1.165) is 11.1 Å². The Bertz CT molecular complexity index is 1580. The number of anilines is 1. The number of ketones is 1. The van der Waals surface area contributed by atoms with Crippen LogP contribution in [-0.4, -0.2) is 29.6 Å². The highest BCUT2D eigenvalue weighted by atomic mass is 19.1. The van der Waals surface area contributed by atoms with E-state index < -0.39 is 11.8 Å². The zero-order chi connectivity index (χ0) is 28.1. The third kappa shape index (κ3) is 5.96. The zero-order valence-corrected chi connectivity index (χ0v) is 22.0. The summed E-state index contributed by atoms with van der Waals surface area (Å²) in [7, 11) is 1.49. The van der Waals surface area contributed by atoms with Crippen LogP contribution in [0.2, 0.25) is 0 Å². The van der Waals surface area contributed by atoms with E-state index in [1.807, 2.05) is 65.6 Å². The number of nitrogens with zero attached hydrogens (tertiary/aromatic N) is 3. The van der Waals surface area contributed by atoms with Crippen LogP contribution in [-0.2, 0) is 17.9 Å². The van der Waals surface area contributed by atoms with Crippen molar-refractivity contribution in [2.24, 2.45) is 4.99 Å². The first-order chi connectivity index (χ1) is 19.4. The summed E-state index contributed by atoms with van der Waals surface area (Å²) in [6, 6.07) is 23.8. The van der Waals surface area contributed by atoms with Gasteiger partial charge in [0.15, 0.2) is 5.75 Å². The van der Waals surface area contributed by atoms with Crippen LogP contribution >= 0.6 is 0 Å². The van der Waals surface area contributed by atoms with Gasteiger partial charge in [0.1, 0.15) is 22.9 Å². The first-order valence-corrected chi connectivity index (χ1v) is 12.6. The predicted octanol–water partition coefficient (Wildman–Crippen LogP) is 6.23. The number of pyridine rings is 1. The van der Waals surface area contributed by atoms with Crippen molar-refractivity contribution >= 4 is 28.8 Å². The van der Waals surface area contributed by atoms with E-state index in [1.54, 1.807) is 6.07 Å². The number of benzene rings is 3. The molecule has 0 N–H and O–H groups in total. The molecular weight excluding hydrogens is 509 g/mol. The number of aliphatic imine (C=N–C) groups is 1. The molecule has 0 saturated carbocycles. The number of fused-ring (bicyclic) bond motifs is 1. The van der Waals surface area contributed by atoms with E-state index in [2.05, 4.69) is 9.98 Å². The Morgan fingerprint density at radius 2 is 1.60 bits per heavy atom. The van der Waals surface area contributed by atoms with Crippen LogP contribution < -0.4 is 14.4 Å². The molecule has 0 spiro atoms. The molecule has 0 bridgehead atoms. The molecule has 1 aromatic heterocycles. The lowest BCUT2D eigenvalue weighted by Gasteiger charge is -2.26. The molecule has 0 aliphatic heterocycles. The van der Waals surface area contributed by atoms with Crippen LogP contribution in [0.15, 0.2) is 102 Å². The Morgan fingerprint density at radius 1 is 0.950 bits per heavy atom. The van der Waals surface area contributed by atoms with Crippen LogP contribution in [0.1, 0.15) is 34.1 Å². The summed E-state index contributed by atoms with van der Waals surface area (Å²) in [5, 5.41) is 0. The largest absolute Gasteiger partial charge is 0.495 e. The first kappa shape index (κ1) is 26.5. The van der Waals surface area contributed by atoms with Gasteiger partial charge in [0.25, 0.3) is 0 Å². The highest BCUT2D eigenvalue weighted by Crippen LogP contribution is 2.37. The normalized spacial score (nSPS) is 13.2. The monoisotopic (exact) mass is 535 g/mol. The molecule has 4 aromatic rings. The highest BCUT2D eigenvalue weighted by Gasteiger charge is 2.23. The van der Waals surface area contributed by atoms with Crippen molar-refractivity contribution in [2.45, 2.75) is 20.0 Å². The third-order valence-corrected chi connectivity index (χ3v) is 6.30. The summed E-state index contributed by atoms with van der Waals surface area (Å²) in [6.45, 7) is 2.11. The molecule has 1 heterocycles. The van der Waals surface area contributed by atoms with Crippen LogP contribution in [0.4, 0.5) is 15.8 Å². The number of carbonyl (C=O) groups excluding carboxylic acids is 2. The van der Waals surface area contributed by atoms with Gasteiger partial charge in [0, 0.05) is 37.7 Å². The van der Waals surface area contributed by atoms with E-state index in [9.17, 15) is 9.59 Å². The number of aromatic nitrogens is 1. The van der Waals surface area contributed by atoms with Crippen molar-refractivity contribution in [2.75, 3.05) is 12.0 Å². The number of hydrogen-bond acceptors (Lipinski definition) is 7. The number of hydrogen-bond donors (Lipinski definition) is 0. The Labute approximate surface area is 231 Å². The topological polar surface area (TPSA) is 81.1 Å². The van der Waals surface area contributed by atoms with E-state index in [4.69, 9.17) is 9.47 Å². The molecule has 5 rings (SSSR count). The standard InChI is InChI=1S/C32H26FN3O4/c1-21(37)40-31-17-29(36(19-22-9-5-3-6-10-22)20-23-11-7-4-8-12-23)26(33)16-28(31)35-27-13-14-30(38)32-25(27)15-24(39-2)18-34-32/h3-18H,19-20H2,1-2H3. The lowest BCUT2D eigenvalue weighted by Crippen LogP contribution is -2.23. The van der Waals surface area contributed by atoms with Gasteiger partial charge >= 0.3 is 5.97 Å². The van der Waals surface area contributed by atoms with Crippen LogP contribution in [0.25, 0.3) is 0 Å². The average Bonchev–Trinajstić information content (AvgIpc) is 2.96. The van der Waals surface area contributed by atoms with Crippen molar-refractivity contribution in [3.63, 3.8) is 0 Å². The number of rotatable bonds is 8. The molecule has 40 heavy (non-hydrogen) atoms. The maximum atomic E-state index is 15.9. The van der Waals surface area contributed by atoms with E-state index in [1.165, 1.54) is 44.5 Å². The van der Waals surface area contributed by atoms with E-state index >= 15 is 4.39 Å². The van der Waals surface area contributed by atoms with Crippen molar-refractivity contribution in [1.29, 1.82) is 0 Å². The van der Waals surface area contributed by atoms with E-state index in [0.29, 0.717) is 30.1 Å². The van der Waals surface area contributed by atoms with E-state index in [-0.39, 0.29) is 28.6 Å². The lowest BCUT2D eigenvalue weighted by atomic mass is 9.99. The fourth-order valence-electron chi connectivity index (χ4n) is 4.43. The average molecular weight is 536 g/mol.